The Hall–Kier alpha value is -1.52. The number of carbonyl (C=O) groups is 1. The lowest BCUT2D eigenvalue weighted by molar-refractivity contribution is 0.0681. The number of nitrogens with zero attached hydrogens (tertiary/aromatic N) is 3. The van der Waals surface area contributed by atoms with Crippen LogP contribution in [0.2, 0.25) is 0 Å². The van der Waals surface area contributed by atoms with Gasteiger partial charge in [0.2, 0.25) is 0 Å². The fourth-order valence-electron chi connectivity index (χ4n) is 1.15. The van der Waals surface area contributed by atoms with Gasteiger partial charge in [-0.2, -0.15) is 5.10 Å². The van der Waals surface area contributed by atoms with Crippen molar-refractivity contribution in [2.75, 3.05) is 19.0 Å². The van der Waals surface area contributed by atoms with Crippen LogP contribution in [0.25, 0.3) is 0 Å². The number of aromatic nitrogens is 2. The predicted octanol–water partition coefficient (Wildman–Crippen LogP) is 1.23. The summed E-state index contributed by atoms with van der Waals surface area (Å²) in [5.41, 5.74) is 0.226. The molecule has 0 aliphatic heterocycles. The molecule has 0 radical (unpaired) electrons. The van der Waals surface area contributed by atoms with E-state index in [-0.39, 0.29) is 11.7 Å². The highest BCUT2D eigenvalue weighted by molar-refractivity contribution is 5.86. The van der Waals surface area contributed by atoms with E-state index in [0.29, 0.717) is 5.82 Å². The van der Waals surface area contributed by atoms with Gasteiger partial charge < -0.3 is 10.0 Å². The van der Waals surface area contributed by atoms with Crippen molar-refractivity contribution in [1.82, 2.24) is 9.78 Å². The van der Waals surface area contributed by atoms with Crippen LogP contribution in [0.4, 0.5) is 5.82 Å². The molecule has 0 atom stereocenters. The maximum Gasteiger partial charge on any atom is 0.354 e. The van der Waals surface area contributed by atoms with Gasteiger partial charge in [0.05, 0.1) is 0 Å². The first-order valence-electron chi connectivity index (χ1n) is 4.43. The molecule has 5 heteroatoms. The van der Waals surface area contributed by atoms with Gasteiger partial charge >= 0.3 is 5.97 Å². The van der Waals surface area contributed by atoms with Crippen LogP contribution in [-0.2, 0) is 0 Å². The average Bonchev–Trinajstić information content (AvgIpc) is 2.47. The molecular formula is C9H15N3O2. The van der Waals surface area contributed by atoms with Crippen LogP contribution in [0.1, 0.15) is 30.4 Å². The number of hydrogen-bond donors (Lipinski definition) is 1. The van der Waals surface area contributed by atoms with Gasteiger partial charge in [0.1, 0.15) is 5.69 Å². The van der Waals surface area contributed by atoms with Gasteiger partial charge in [-0.05, 0) is 13.8 Å². The van der Waals surface area contributed by atoms with Crippen LogP contribution in [-0.4, -0.2) is 35.0 Å². The Morgan fingerprint density at radius 1 is 1.57 bits per heavy atom. The lowest BCUT2D eigenvalue weighted by Gasteiger charge is -2.09. The molecule has 1 N–H and O–H groups in total. The van der Waals surface area contributed by atoms with Gasteiger partial charge in [0.15, 0.2) is 5.82 Å². The van der Waals surface area contributed by atoms with E-state index in [2.05, 4.69) is 5.10 Å². The number of rotatable bonds is 3. The van der Waals surface area contributed by atoms with Crippen LogP contribution in [0, 0.1) is 0 Å². The van der Waals surface area contributed by atoms with Crippen molar-refractivity contribution in [2.24, 2.45) is 0 Å². The topological polar surface area (TPSA) is 58.4 Å². The summed E-state index contributed by atoms with van der Waals surface area (Å²) in [6, 6.07) is 1.62. The first kappa shape index (κ1) is 10.6. The van der Waals surface area contributed by atoms with E-state index in [0.717, 1.165) is 0 Å². The van der Waals surface area contributed by atoms with E-state index in [9.17, 15) is 4.79 Å². The Labute approximate surface area is 82.9 Å². The minimum absolute atomic E-state index is 0.0507. The smallest absolute Gasteiger partial charge is 0.354 e. The van der Waals surface area contributed by atoms with Crippen molar-refractivity contribution in [3.8, 4) is 0 Å². The fraction of sp³-hybridized carbons (Fsp3) is 0.556. The van der Waals surface area contributed by atoms with E-state index in [1.54, 1.807) is 11.0 Å². The second-order valence-electron chi connectivity index (χ2n) is 3.63. The molecule has 1 aromatic rings. The molecule has 14 heavy (non-hydrogen) atoms. The highest BCUT2D eigenvalue weighted by Crippen LogP contribution is 2.16. The third kappa shape index (κ3) is 1.86. The highest BCUT2D eigenvalue weighted by atomic mass is 16.4. The van der Waals surface area contributed by atoms with Gasteiger partial charge in [-0.25, -0.2) is 4.79 Å². The molecule has 1 heterocycles. The molecule has 5 nitrogen and oxygen atoms in total. The maximum atomic E-state index is 10.9. The van der Waals surface area contributed by atoms with E-state index in [1.807, 2.05) is 27.9 Å². The summed E-state index contributed by atoms with van der Waals surface area (Å²) in [5, 5.41) is 13.1. The van der Waals surface area contributed by atoms with E-state index in [1.165, 1.54) is 4.68 Å². The number of aromatic carboxylic acids is 1. The first-order chi connectivity index (χ1) is 6.43. The summed E-state index contributed by atoms with van der Waals surface area (Å²) in [5.74, 6) is -0.282. The maximum absolute atomic E-state index is 10.9. The van der Waals surface area contributed by atoms with Crippen molar-refractivity contribution in [3.63, 3.8) is 0 Å². The normalized spacial score (nSPS) is 10.6. The molecule has 0 saturated carbocycles. The van der Waals surface area contributed by atoms with Crippen molar-refractivity contribution >= 4 is 11.8 Å². The van der Waals surface area contributed by atoms with Crippen molar-refractivity contribution < 1.29 is 9.90 Å². The summed E-state index contributed by atoms with van der Waals surface area (Å²) in [4.78, 5) is 12.7. The number of carboxylic acids is 1. The van der Waals surface area contributed by atoms with Gasteiger partial charge in [0.25, 0.3) is 0 Å². The molecule has 0 aliphatic rings. The zero-order valence-electron chi connectivity index (χ0n) is 8.85. The molecule has 0 spiro atoms. The lowest BCUT2D eigenvalue weighted by atomic mass is 10.3. The summed E-state index contributed by atoms with van der Waals surface area (Å²) < 4.78 is 1.51. The minimum atomic E-state index is -0.945. The molecule has 78 valence electrons. The Kier molecular flexibility index (Phi) is 2.78. The zero-order chi connectivity index (χ0) is 10.9. The second-order valence-corrected chi connectivity index (χ2v) is 3.63. The third-order valence-corrected chi connectivity index (χ3v) is 1.89. The van der Waals surface area contributed by atoms with Crippen LogP contribution in [0.3, 0.4) is 0 Å². The molecule has 0 unspecified atom stereocenters. The Morgan fingerprint density at radius 3 is 2.43 bits per heavy atom. The van der Waals surface area contributed by atoms with Crippen molar-refractivity contribution in [3.05, 3.63) is 11.8 Å². The lowest BCUT2D eigenvalue weighted by Crippen LogP contribution is -2.13. The third-order valence-electron chi connectivity index (χ3n) is 1.89. The summed E-state index contributed by atoms with van der Waals surface area (Å²) in [6.07, 6.45) is 0. The first-order valence-corrected chi connectivity index (χ1v) is 4.43. The summed E-state index contributed by atoms with van der Waals surface area (Å²) >= 11 is 0. The van der Waals surface area contributed by atoms with E-state index >= 15 is 0 Å². The molecule has 0 fully saturated rings. The molecule has 0 bridgehead atoms. The van der Waals surface area contributed by atoms with Crippen LogP contribution in [0.15, 0.2) is 6.07 Å². The van der Waals surface area contributed by atoms with E-state index in [4.69, 9.17) is 5.11 Å². The number of anilines is 1. The van der Waals surface area contributed by atoms with Crippen molar-refractivity contribution in [2.45, 2.75) is 19.9 Å². The standard InChI is InChI=1S/C9H15N3O2/c1-6(2)12-7(9(13)14)5-8(10-12)11(3)4/h5-6H,1-4H3,(H,13,14). The van der Waals surface area contributed by atoms with Crippen LogP contribution >= 0.6 is 0 Å². The summed E-state index contributed by atoms with van der Waals surface area (Å²) in [7, 11) is 3.66. The molecule has 0 aliphatic carbocycles. The zero-order valence-corrected chi connectivity index (χ0v) is 8.85. The van der Waals surface area contributed by atoms with Gasteiger partial charge in [-0.3, -0.25) is 4.68 Å². The van der Waals surface area contributed by atoms with Gasteiger partial charge in [-0.15, -0.1) is 0 Å². The molecule has 0 amide bonds. The van der Waals surface area contributed by atoms with Gasteiger partial charge in [-0.1, -0.05) is 0 Å². The SMILES string of the molecule is CC(C)n1nc(N(C)C)cc1C(=O)O. The summed E-state index contributed by atoms with van der Waals surface area (Å²) in [6.45, 7) is 3.80. The quantitative estimate of drug-likeness (QED) is 0.791. The van der Waals surface area contributed by atoms with Crippen LogP contribution < -0.4 is 4.90 Å². The Bertz CT molecular complexity index is 342. The largest absolute Gasteiger partial charge is 0.477 e. The van der Waals surface area contributed by atoms with Crippen molar-refractivity contribution in [1.29, 1.82) is 0 Å². The minimum Gasteiger partial charge on any atom is -0.477 e. The second kappa shape index (κ2) is 3.69. The molecular weight excluding hydrogens is 182 g/mol. The van der Waals surface area contributed by atoms with E-state index < -0.39 is 5.97 Å². The number of carboxylic acid groups (broad SMARTS) is 1. The molecule has 0 saturated heterocycles. The molecule has 1 rings (SSSR count). The fourth-order valence-corrected chi connectivity index (χ4v) is 1.15. The highest BCUT2D eigenvalue weighted by Gasteiger charge is 2.16. The monoisotopic (exact) mass is 197 g/mol. The molecule has 1 aromatic heterocycles. The predicted molar refractivity (Wildman–Crippen MR) is 53.9 cm³/mol. The average molecular weight is 197 g/mol. The molecule has 0 aromatic carbocycles. The number of hydrogen-bond acceptors (Lipinski definition) is 3. The van der Waals surface area contributed by atoms with Crippen LogP contribution in [0.5, 0.6) is 0 Å². The Morgan fingerprint density at radius 2 is 2.14 bits per heavy atom. The van der Waals surface area contributed by atoms with Gasteiger partial charge in [0, 0.05) is 26.2 Å². The Balaban J connectivity index is 3.19.